The topological polar surface area (TPSA) is 55.1 Å². The maximum Gasteiger partial charge on any atom is 0.249 e. The maximum absolute atomic E-state index is 11.4. The zero-order chi connectivity index (χ0) is 14.5. The van der Waals surface area contributed by atoms with Crippen LogP contribution in [0.4, 0.5) is 0 Å². The van der Waals surface area contributed by atoms with Gasteiger partial charge in [0.05, 0.1) is 0 Å². The number of benzene rings is 2. The third-order valence-corrected chi connectivity index (χ3v) is 3.50. The van der Waals surface area contributed by atoms with Crippen LogP contribution in [0.15, 0.2) is 48.5 Å². The molecule has 3 N–H and O–H groups in total. The van der Waals surface area contributed by atoms with Gasteiger partial charge in [-0.05, 0) is 36.2 Å². The van der Waals surface area contributed by atoms with Gasteiger partial charge < -0.3 is 11.1 Å². The third kappa shape index (κ3) is 3.59. The molecule has 0 radical (unpaired) electrons. The number of nitrogens with one attached hydrogen (secondary N) is 1. The van der Waals surface area contributed by atoms with Crippen LogP contribution in [0.25, 0.3) is 0 Å². The van der Waals surface area contributed by atoms with E-state index in [1.54, 1.807) is 6.07 Å². The summed E-state index contributed by atoms with van der Waals surface area (Å²) in [4.78, 5) is 11.4. The lowest BCUT2D eigenvalue weighted by Crippen LogP contribution is -2.21. The molecule has 2 aromatic carbocycles. The molecule has 0 unspecified atom stereocenters. The van der Waals surface area contributed by atoms with E-state index in [0.29, 0.717) is 12.1 Å². The molecule has 0 aliphatic rings. The minimum atomic E-state index is -0.401. The fraction of sp³-hybridized carbons (Fsp3) is 0.188. The summed E-state index contributed by atoms with van der Waals surface area (Å²) in [7, 11) is 0. The minimum absolute atomic E-state index is 0.160. The molecule has 104 valence electrons. The third-order valence-electron chi connectivity index (χ3n) is 3.25. The number of primary amides is 1. The van der Waals surface area contributed by atoms with Gasteiger partial charge in [0.1, 0.15) is 0 Å². The number of halogens is 1. The van der Waals surface area contributed by atoms with Crippen LogP contribution in [0.2, 0.25) is 5.02 Å². The Balaban J connectivity index is 2.05. The lowest BCUT2D eigenvalue weighted by atomic mass is 10.1. The number of rotatable bonds is 5. The summed E-state index contributed by atoms with van der Waals surface area (Å²) in [5, 5.41) is 4.10. The van der Waals surface area contributed by atoms with E-state index < -0.39 is 5.91 Å². The van der Waals surface area contributed by atoms with Crippen molar-refractivity contribution in [3.05, 3.63) is 70.2 Å². The Morgan fingerprint density at radius 2 is 1.85 bits per heavy atom. The molecule has 0 saturated carbocycles. The lowest BCUT2D eigenvalue weighted by molar-refractivity contribution is 0.0999. The minimum Gasteiger partial charge on any atom is -0.366 e. The van der Waals surface area contributed by atoms with E-state index in [9.17, 15) is 4.79 Å². The molecule has 1 atom stereocenters. The van der Waals surface area contributed by atoms with E-state index in [-0.39, 0.29) is 6.04 Å². The molecular weight excluding hydrogens is 272 g/mol. The second-order valence-corrected chi connectivity index (χ2v) is 5.11. The first-order valence-corrected chi connectivity index (χ1v) is 6.82. The van der Waals surface area contributed by atoms with Gasteiger partial charge in [-0.15, -0.1) is 0 Å². The normalized spacial score (nSPS) is 12.1. The van der Waals surface area contributed by atoms with Crippen molar-refractivity contribution in [2.45, 2.75) is 19.5 Å². The first-order chi connectivity index (χ1) is 9.58. The molecule has 3 nitrogen and oxygen atoms in total. The van der Waals surface area contributed by atoms with Crippen molar-refractivity contribution in [3.63, 3.8) is 0 Å². The first kappa shape index (κ1) is 14.6. The van der Waals surface area contributed by atoms with E-state index in [2.05, 4.69) is 12.2 Å². The quantitative estimate of drug-likeness (QED) is 0.887. The number of amides is 1. The highest BCUT2D eigenvalue weighted by Gasteiger charge is 2.09. The van der Waals surface area contributed by atoms with Crippen LogP contribution in [0.3, 0.4) is 0 Å². The van der Waals surface area contributed by atoms with Crippen molar-refractivity contribution in [1.82, 2.24) is 5.32 Å². The zero-order valence-electron chi connectivity index (χ0n) is 11.3. The Hall–Kier alpha value is -1.84. The zero-order valence-corrected chi connectivity index (χ0v) is 12.0. The predicted octanol–water partition coefficient (Wildman–Crippen LogP) is 3.29. The summed E-state index contributed by atoms with van der Waals surface area (Å²) in [5.74, 6) is -0.401. The Morgan fingerprint density at radius 3 is 2.50 bits per heavy atom. The van der Waals surface area contributed by atoms with Crippen molar-refractivity contribution in [1.29, 1.82) is 0 Å². The summed E-state index contributed by atoms with van der Waals surface area (Å²) in [6.07, 6.45) is 0. The molecule has 2 aromatic rings. The SMILES string of the molecule is C[C@@H](NCc1ccccc1C(N)=O)c1ccc(Cl)cc1. The van der Waals surface area contributed by atoms with Crippen molar-refractivity contribution in [3.8, 4) is 0 Å². The molecular formula is C16H17ClN2O. The molecule has 0 saturated heterocycles. The summed E-state index contributed by atoms with van der Waals surface area (Å²) in [6.45, 7) is 2.65. The highest BCUT2D eigenvalue weighted by Crippen LogP contribution is 2.17. The molecule has 0 fully saturated rings. The smallest absolute Gasteiger partial charge is 0.249 e. The Labute approximate surface area is 123 Å². The highest BCUT2D eigenvalue weighted by atomic mass is 35.5. The predicted molar refractivity (Wildman–Crippen MR) is 81.7 cm³/mol. The molecule has 4 heteroatoms. The van der Waals surface area contributed by atoms with Crippen molar-refractivity contribution < 1.29 is 4.79 Å². The average molecular weight is 289 g/mol. The van der Waals surface area contributed by atoms with Crippen molar-refractivity contribution in [2.24, 2.45) is 5.73 Å². The van der Waals surface area contributed by atoms with Gasteiger partial charge in [-0.25, -0.2) is 0 Å². The molecule has 0 bridgehead atoms. The summed E-state index contributed by atoms with van der Waals surface area (Å²) in [5.41, 5.74) is 7.97. The fourth-order valence-electron chi connectivity index (χ4n) is 2.05. The Kier molecular flexibility index (Phi) is 4.77. The molecule has 1 amide bonds. The van der Waals surface area contributed by atoms with Crippen LogP contribution in [0, 0.1) is 0 Å². The second kappa shape index (κ2) is 6.55. The van der Waals surface area contributed by atoms with E-state index in [1.807, 2.05) is 42.5 Å². The second-order valence-electron chi connectivity index (χ2n) is 4.68. The summed E-state index contributed by atoms with van der Waals surface area (Å²) in [6, 6.07) is 15.2. The van der Waals surface area contributed by atoms with E-state index in [1.165, 1.54) is 0 Å². The number of hydrogen-bond donors (Lipinski definition) is 2. The lowest BCUT2D eigenvalue weighted by Gasteiger charge is -2.15. The fourth-order valence-corrected chi connectivity index (χ4v) is 2.17. The summed E-state index contributed by atoms with van der Waals surface area (Å²) < 4.78 is 0. The number of hydrogen-bond acceptors (Lipinski definition) is 2. The van der Waals surface area contributed by atoms with Crippen LogP contribution in [-0.2, 0) is 6.54 Å². The number of nitrogens with two attached hydrogens (primary N) is 1. The van der Waals surface area contributed by atoms with Gasteiger partial charge in [0.2, 0.25) is 5.91 Å². The van der Waals surface area contributed by atoms with Gasteiger partial charge in [-0.1, -0.05) is 41.9 Å². The van der Waals surface area contributed by atoms with E-state index in [0.717, 1.165) is 16.1 Å². The van der Waals surface area contributed by atoms with Crippen LogP contribution < -0.4 is 11.1 Å². The van der Waals surface area contributed by atoms with Crippen LogP contribution in [-0.4, -0.2) is 5.91 Å². The molecule has 0 spiro atoms. The van der Waals surface area contributed by atoms with Gasteiger partial charge in [0.25, 0.3) is 0 Å². The number of carbonyl (C=O) groups is 1. The van der Waals surface area contributed by atoms with Gasteiger partial charge in [0.15, 0.2) is 0 Å². The monoisotopic (exact) mass is 288 g/mol. The highest BCUT2D eigenvalue weighted by molar-refractivity contribution is 6.30. The molecule has 0 aliphatic carbocycles. The summed E-state index contributed by atoms with van der Waals surface area (Å²) >= 11 is 5.87. The number of carbonyl (C=O) groups excluding carboxylic acids is 1. The van der Waals surface area contributed by atoms with Gasteiger partial charge in [0, 0.05) is 23.2 Å². The maximum atomic E-state index is 11.4. The average Bonchev–Trinajstić information content (AvgIpc) is 2.45. The van der Waals surface area contributed by atoms with Crippen LogP contribution in [0.1, 0.15) is 34.5 Å². The van der Waals surface area contributed by atoms with Gasteiger partial charge in [-0.2, -0.15) is 0 Å². The molecule has 2 rings (SSSR count). The molecule has 20 heavy (non-hydrogen) atoms. The largest absolute Gasteiger partial charge is 0.366 e. The first-order valence-electron chi connectivity index (χ1n) is 6.44. The van der Waals surface area contributed by atoms with Crippen molar-refractivity contribution in [2.75, 3.05) is 0 Å². The van der Waals surface area contributed by atoms with E-state index >= 15 is 0 Å². The van der Waals surface area contributed by atoms with Gasteiger partial charge in [-0.3, -0.25) is 4.79 Å². The molecule has 0 aromatic heterocycles. The Bertz CT molecular complexity index is 596. The standard InChI is InChI=1S/C16H17ClN2O/c1-11(12-6-8-14(17)9-7-12)19-10-13-4-2-3-5-15(13)16(18)20/h2-9,11,19H,10H2,1H3,(H2,18,20)/t11-/m1/s1. The van der Waals surface area contributed by atoms with Crippen molar-refractivity contribution >= 4 is 17.5 Å². The van der Waals surface area contributed by atoms with Crippen LogP contribution >= 0.6 is 11.6 Å². The molecule has 0 aliphatic heterocycles. The molecule has 0 heterocycles. The van der Waals surface area contributed by atoms with E-state index in [4.69, 9.17) is 17.3 Å². The van der Waals surface area contributed by atoms with Gasteiger partial charge >= 0.3 is 0 Å². The Morgan fingerprint density at radius 1 is 1.20 bits per heavy atom. The van der Waals surface area contributed by atoms with Crippen LogP contribution in [0.5, 0.6) is 0 Å².